The van der Waals surface area contributed by atoms with E-state index in [0.29, 0.717) is 0 Å². The van der Waals surface area contributed by atoms with Crippen LogP contribution in [0.5, 0.6) is 0 Å². The Morgan fingerprint density at radius 3 is 2.78 bits per heavy atom. The summed E-state index contributed by atoms with van der Waals surface area (Å²) in [6.07, 6.45) is 1.06. The summed E-state index contributed by atoms with van der Waals surface area (Å²) in [5, 5.41) is 3.63. The Morgan fingerprint density at radius 1 is 1.28 bits per heavy atom. The monoisotopic (exact) mass is 293 g/mol. The van der Waals surface area contributed by atoms with E-state index in [1.54, 1.807) is 10.3 Å². The number of rotatable bonds is 1. The molecule has 0 fully saturated rings. The number of nitrogens with one attached hydrogen (secondary N) is 1. The van der Waals surface area contributed by atoms with Crippen LogP contribution in [0.4, 0.5) is 5.69 Å². The zero-order valence-electron chi connectivity index (χ0n) is 10.7. The maximum absolute atomic E-state index is 5.53. The molecule has 18 heavy (non-hydrogen) atoms. The van der Waals surface area contributed by atoms with Gasteiger partial charge in [-0.2, -0.15) is 0 Å². The van der Waals surface area contributed by atoms with Crippen molar-refractivity contribution in [2.75, 3.05) is 5.32 Å². The van der Waals surface area contributed by atoms with Gasteiger partial charge in [0.1, 0.15) is 3.82 Å². The first-order valence-electron chi connectivity index (χ1n) is 6.08. The van der Waals surface area contributed by atoms with Gasteiger partial charge < -0.3 is 5.32 Å². The fourth-order valence-electron chi connectivity index (χ4n) is 2.43. The van der Waals surface area contributed by atoms with Crippen LogP contribution in [0.3, 0.4) is 0 Å². The summed E-state index contributed by atoms with van der Waals surface area (Å²) in [5.41, 5.74) is 5.13. The van der Waals surface area contributed by atoms with Gasteiger partial charge in [-0.3, -0.25) is 0 Å². The van der Waals surface area contributed by atoms with Crippen LogP contribution in [0.1, 0.15) is 31.2 Å². The lowest BCUT2D eigenvalue weighted by Gasteiger charge is -2.33. The van der Waals surface area contributed by atoms with Crippen molar-refractivity contribution in [3.8, 4) is 11.1 Å². The zero-order valence-corrected chi connectivity index (χ0v) is 13.1. The molecule has 0 atom stereocenters. The Kier molecular flexibility index (Phi) is 2.84. The van der Waals surface area contributed by atoms with E-state index in [1.807, 2.05) is 10.3 Å². The fraction of sp³-hybridized carbons (Fsp3) is 0.357. The lowest BCUT2D eigenvalue weighted by molar-refractivity contribution is 0.620. The third-order valence-corrected chi connectivity index (χ3v) is 6.75. The Balaban J connectivity index is 2.33. The molecule has 0 amide bonds. The highest BCUT2D eigenvalue weighted by Crippen LogP contribution is 2.48. The molecule has 94 valence electrons. The lowest BCUT2D eigenvalue weighted by Crippen LogP contribution is -2.30. The molecule has 0 saturated heterocycles. The SMILES string of the molecule is CCc1ccc2c(c1)-c1c(ssc1=S)C(C)(C)N2. The summed E-state index contributed by atoms with van der Waals surface area (Å²) >= 11 is 5.53. The van der Waals surface area contributed by atoms with Crippen molar-refractivity contribution in [1.82, 2.24) is 0 Å². The van der Waals surface area contributed by atoms with Crippen LogP contribution in [-0.2, 0) is 12.0 Å². The Labute approximate surface area is 120 Å². The third-order valence-electron chi connectivity index (χ3n) is 3.41. The standard InChI is InChI=1S/C14H15NS3/c1-4-8-5-6-10-9(7-8)11-12(14(2,3)15-10)17-18-13(11)16/h5-7,15H,4H2,1-3H3. The molecule has 0 bridgehead atoms. The number of anilines is 1. The predicted octanol–water partition coefficient (Wildman–Crippen LogP) is 5.43. The van der Waals surface area contributed by atoms with Gasteiger partial charge in [0, 0.05) is 16.8 Å². The highest BCUT2D eigenvalue weighted by Gasteiger charge is 2.33. The van der Waals surface area contributed by atoms with Crippen LogP contribution in [0.2, 0.25) is 0 Å². The van der Waals surface area contributed by atoms with Gasteiger partial charge >= 0.3 is 0 Å². The van der Waals surface area contributed by atoms with E-state index in [4.69, 9.17) is 12.2 Å². The number of fused-ring (bicyclic) bond motifs is 3. The minimum absolute atomic E-state index is 0.0196. The molecule has 1 N–H and O–H groups in total. The topological polar surface area (TPSA) is 12.0 Å². The molecule has 2 aromatic rings. The first-order chi connectivity index (χ1) is 8.53. The van der Waals surface area contributed by atoms with Gasteiger partial charge in [0.2, 0.25) is 0 Å². The second kappa shape index (κ2) is 4.15. The third kappa shape index (κ3) is 1.75. The fourth-order valence-corrected chi connectivity index (χ4v) is 5.68. The van der Waals surface area contributed by atoms with Gasteiger partial charge in [0.25, 0.3) is 0 Å². The van der Waals surface area contributed by atoms with Gasteiger partial charge in [-0.1, -0.05) is 45.9 Å². The molecule has 0 spiro atoms. The van der Waals surface area contributed by atoms with E-state index in [2.05, 4.69) is 44.3 Å². The number of hydrogen-bond donors (Lipinski definition) is 1. The molecule has 1 aliphatic rings. The average molecular weight is 293 g/mol. The van der Waals surface area contributed by atoms with Gasteiger partial charge in [-0.05, 0) is 38.0 Å². The van der Waals surface area contributed by atoms with Crippen molar-refractivity contribution in [1.29, 1.82) is 0 Å². The van der Waals surface area contributed by atoms with Gasteiger partial charge in [-0.25, -0.2) is 0 Å². The molecule has 1 aliphatic heterocycles. The number of benzene rings is 1. The molecule has 0 unspecified atom stereocenters. The highest BCUT2D eigenvalue weighted by molar-refractivity contribution is 7.80. The largest absolute Gasteiger partial charge is 0.375 e. The van der Waals surface area contributed by atoms with Gasteiger partial charge in [0.15, 0.2) is 0 Å². The van der Waals surface area contributed by atoms with Crippen LogP contribution in [0.25, 0.3) is 11.1 Å². The summed E-state index contributed by atoms with van der Waals surface area (Å²) in [6.45, 7) is 6.63. The van der Waals surface area contributed by atoms with Gasteiger partial charge in [0.05, 0.1) is 10.4 Å². The summed E-state index contributed by atoms with van der Waals surface area (Å²) in [4.78, 5) is 1.37. The van der Waals surface area contributed by atoms with Crippen LogP contribution in [0.15, 0.2) is 18.2 Å². The Hall–Kier alpha value is -0.710. The molecule has 4 heteroatoms. The molecule has 1 aromatic heterocycles. The van der Waals surface area contributed by atoms with Crippen LogP contribution in [0, 0.1) is 3.82 Å². The maximum Gasteiger partial charge on any atom is 0.110 e. The molecule has 2 heterocycles. The van der Waals surface area contributed by atoms with E-state index in [1.165, 1.54) is 27.3 Å². The summed E-state index contributed by atoms with van der Waals surface area (Å²) < 4.78 is 1.03. The summed E-state index contributed by atoms with van der Waals surface area (Å²) in [7, 11) is 3.53. The second-order valence-electron chi connectivity index (χ2n) is 5.14. The lowest BCUT2D eigenvalue weighted by atomic mass is 9.89. The number of aryl methyl sites for hydroxylation is 1. The summed E-state index contributed by atoms with van der Waals surface area (Å²) in [6, 6.07) is 6.67. The highest BCUT2D eigenvalue weighted by atomic mass is 32.9. The first-order valence-corrected chi connectivity index (χ1v) is 8.64. The van der Waals surface area contributed by atoms with Crippen LogP contribution < -0.4 is 5.32 Å². The van der Waals surface area contributed by atoms with Crippen molar-refractivity contribution >= 4 is 38.6 Å². The van der Waals surface area contributed by atoms with Crippen molar-refractivity contribution in [3.05, 3.63) is 32.5 Å². The van der Waals surface area contributed by atoms with E-state index in [0.717, 1.165) is 10.2 Å². The molecule has 0 saturated carbocycles. The molecule has 0 aliphatic carbocycles. The number of hydrogen-bond acceptors (Lipinski definition) is 4. The molecule has 1 aromatic carbocycles. The first kappa shape index (κ1) is 12.3. The van der Waals surface area contributed by atoms with E-state index in [9.17, 15) is 0 Å². The average Bonchev–Trinajstić information content (AvgIpc) is 2.72. The quantitative estimate of drug-likeness (QED) is 0.556. The molecular weight excluding hydrogens is 278 g/mol. The van der Waals surface area contributed by atoms with E-state index in [-0.39, 0.29) is 5.54 Å². The normalized spacial score (nSPS) is 15.7. The molecule has 0 radical (unpaired) electrons. The van der Waals surface area contributed by atoms with Crippen molar-refractivity contribution in [3.63, 3.8) is 0 Å². The van der Waals surface area contributed by atoms with Gasteiger partial charge in [-0.15, -0.1) is 0 Å². The van der Waals surface area contributed by atoms with Crippen molar-refractivity contribution in [2.45, 2.75) is 32.7 Å². The van der Waals surface area contributed by atoms with E-state index >= 15 is 0 Å². The Bertz CT molecular complexity index is 664. The molecule has 3 rings (SSSR count). The van der Waals surface area contributed by atoms with E-state index < -0.39 is 0 Å². The van der Waals surface area contributed by atoms with Crippen LogP contribution in [-0.4, -0.2) is 0 Å². The molecular formula is C14H15NS3. The van der Waals surface area contributed by atoms with Crippen molar-refractivity contribution in [2.24, 2.45) is 0 Å². The maximum atomic E-state index is 5.53. The van der Waals surface area contributed by atoms with Crippen molar-refractivity contribution < 1.29 is 0 Å². The molecule has 1 nitrogen and oxygen atoms in total. The predicted molar refractivity (Wildman–Crippen MR) is 84.5 cm³/mol. The minimum atomic E-state index is -0.0196. The smallest absolute Gasteiger partial charge is 0.110 e. The summed E-state index contributed by atoms with van der Waals surface area (Å²) in [5.74, 6) is 0. The van der Waals surface area contributed by atoms with Crippen LogP contribution >= 0.6 is 32.9 Å². The zero-order chi connectivity index (χ0) is 12.9. The second-order valence-corrected chi connectivity index (χ2v) is 7.96. The minimum Gasteiger partial charge on any atom is -0.375 e. The Morgan fingerprint density at radius 2 is 2.06 bits per heavy atom.